The number of ether oxygens (including phenoxy) is 3. The fraction of sp³-hybridized carbons (Fsp3) is 0.273. The molecule has 0 aliphatic carbocycles. The quantitative estimate of drug-likeness (QED) is 0.688. The summed E-state index contributed by atoms with van der Waals surface area (Å²) in [5.74, 6) is 1.14. The first-order chi connectivity index (χ1) is 14.0. The van der Waals surface area contributed by atoms with Gasteiger partial charge in [-0.05, 0) is 31.5 Å². The highest BCUT2D eigenvalue weighted by Gasteiger charge is 2.16. The highest BCUT2D eigenvalue weighted by molar-refractivity contribution is 5.92. The van der Waals surface area contributed by atoms with E-state index in [0.29, 0.717) is 35.4 Å². The van der Waals surface area contributed by atoms with Crippen molar-refractivity contribution in [3.63, 3.8) is 0 Å². The number of carbonyl (C=O) groups excluding carboxylic acids is 1. The molecule has 0 fully saturated rings. The summed E-state index contributed by atoms with van der Waals surface area (Å²) in [6.45, 7) is 4.60. The zero-order valence-corrected chi connectivity index (χ0v) is 16.9. The third kappa shape index (κ3) is 4.34. The molecule has 3 aromatic rings. The van der Waals surface area contributed by atoms with E-state index in [1.54, 1.807) is 12.1 Å². The van der Waals surface area contributed by atoms with E-state index in [-0.39, 0.29) is 11.3 Å². The number of hydrogen-bond donors (Lipinski definition) is 1. The minimum absolute atomic E-state index is 0.198. The van der Waals surface area contributed by atoms with Gasteiger partial charge in [0.2, 0.25) is 0 Å². The average molecular weight is 396 g/mol. The second-order valence-corrected chi connectivity index (χ2v) is 6.57. The van der Waals surface area contributed by atoms with Crippen LogP contribution in [0.2, 0.25) is 0 Å². The Labute approximate surface area is 168 Å². The van der Waals surface area contributed by atoms with Crippen LogP contribution in [-0.2, 0) is 13.1 Å². The number of fused-ring (bicyclic) bond motifs is 1. The zero-order valence-electron chi connectivity index (χ0n) is 16.9. The largest absolute Gasteiger partial charge is 0.493 e. The predicted octanol–water partition coefficient (Wildman–Crippen LogP) is 3.64. The van der Waals surface area contributed by atoms with E-state index in [0.717, 1.165) is 11.1 Å². The molecular weight excluding hydrogens is 372 g/mol. The number of aromatic nitrogens is 1. The molecule has 0 unspecified atom stereocenters. The summed E-state index contributed by atoms with van der Waals surface area (Å²) >= 11 is 0. The van der Waals surface area contributed by atoms with Gasteiger partial charge in [0.25, 0.3) is 5.56 Å². The lowest BCUT2D eigenvalue weighted by molar-refractivity contribution is 0.200. The summed E-state index contributed by atoms with van der Waals surface area (Å²) in [5.41, 5.74) is 1.88. The summed E-state index contributed by atoms with van der Waals surface area (Å²) in [6, 6.07) is 11.1. The molecular formula is C22H24N2O5. The van der Waals surface area contributed by atoms with Crippen molar-refractivity contribution in [2.24, 2.45) is 0 Å². The van der Waals surface area contributed by atoms with Gasteiger partial charge in [0.05, 0.1) is 25.8 Å². The van der Waals surface area contributed by atoms with Crippen molar-refractivity contribution in [1.82, 2.24) is 9.88 Å². The number of rotatable bonds is 6. The maximum atomic E-state index is 12.7. The molecule has 0 radical (unpaired) electrons. The summed E-state index contributed by atoms with van der Waals surface area (Å²) < 4.78 is 17.7. The third-order valence-corrected chi connectivity index (χ3v) is 4.62. The van der Waals surface area contributed by atoms with Gasteiger partial charge in [-0.1, -0.05) is 29.8 Å². The summed E-state index contributed by atoms with van der Waals surface area (Å²) in [6.07, 6.45) is 0.923. The maximum absolute atomic E-state index is 12.7. The van der Waals surface area contributed by atoms with E-state index in [2.05, 4.69) is 5.32 Å². The Bertz CT molecular complexity index is 1100. The minimum Gasteiger partial charge on any atom is -0.493 e. The van der Waals surface area contributed by atoms with E-state index in [1.165, 1.54) is 25.0 Å². The summed E-state index contributed by atoms with van der Waals surface area (Å²) in [7, 11) is 3.01. The molecule has 0 atom stereocenters. The zero-order chi connectivity index (χ0) is 21.0. The first-order valence-corrected chi connectivity index (χ1v) is 9.27. The van der Waals surface area contributed by atoms with Gasteiger partial charge in [-0.3, -0.25) is 4.79 Å². The topological polar surface area (TPSA) is 78.8 Å². The van der Waals surface area contributed by atoms with Crippen LogP contribution in [0.1, 0.15) is 18.1 Å². The predicted molar refractivity (Wildman–Crippen MR) is 111 cm³/mol. The molecule has 0 spiro atoms. The molecule has 0 aliphatic heterocycles. The Morgan fingerprint density at radius 2 is 1.72 bits per heavy atom. The molecule has 0 saturated carbocycles. The Morgan fingerprint density at radius 3 is 2.34 bits per heavy atom. The van der Waals surface area contributed by atoms with Crippen LogP contribution >= 0.6 is 0 Å². The van der Waals surface area contributed by atoms with Crippen molar-refractivity contribution in [2.75, 3.05) is 14.2 Å². The Hall–Kier alpha value is -3.48. The van der Waals surface area contributed by atoms with Gasteiger partial charge >= 0.3 is 6.09 Å². The van der Waals surface area contributed by atoms with Crippen molar-refractivity contribution < 1.29 is 19.0 Å². The van der Waals surface area contributed by atoms with Crippen LogP contribution in [0.5, 0.6) is 17.2 Å². The van der Waals surface area contributed by atoms with Gasteiger partial charge in [-0.2, -0.15) is 0 Å². The molecule has 0 aliphatic rings. The van der Waals surface area contributed by atoms with Crippen LogP contribution in [0, 0.1) is 6.92 Å². The number of nitrogens with one attached hydrogen (secondary N) is 1. The molecule has 1 aromatic heterocycles. The van der Waals surface area contributed by atoms with Crippen LogP contribution in [-0.4, -0.2) is 24.9 Å². The van der Waals surface area contributed by atoms with Crippen LogP contribution < -0.4 is 25.1 Å². The highest BCUT2D eigenvalue weighted by Crippen LogP contribution is 2.34. The third-order valence-electron chi connectivity index (χ3n) is 4.62. The second-order valence-electron chi connectivity index (χ2n) is 6.57. The van der Waals surface area contributed by atoms with E-state index in [9.17, 15) is 9.59 Å². The normalized spacial score (nSPS) is 10.6. The molecule has 2 aromatic carbocycles. The van der Waals surface area contributed by atoms with Crippen LogP contribution in [0.4, 0.5) is 4.79 Å². The van der Waals surface area contributed by atoms with Gasteiger partial charge in [0.1, 0.15) is 0 Å². The van der Waals surface area contributed by atoms with E-state index >= 15 is 0 Å². The van der Waals surface area contributed by atoms with Crippen LogP contribution in [0.3, 0.4) is 0 Å². The number of nitrogens with zero attached hydrogens (tertiary/aromatic N) is 1. The average Bonchev–Trinajstić information content (AvgIpc) is 2.73. The number of hydrogen-bond acceptors (Lipinski definition) is 5. The van der Waals surface area contributed by atoms with E-state index in [4.69, 9.17) is 14.2 Å². The summed E-state index contributed by atoms with van der Waals surface area (Å²) in [4.78, 5) is 25.1. The van der Waals surface area contributed by atoms with Crippen LogP contribution in [0.15, 0.2) is 47.4 Å². The number of pyridine rings is 1. The Morgan fingerprint density at radius 1 is 1.03 bits per heavy atom. The number of benzene rings is 2. The number of carbonyl (C=O) groups is 1. The molecule has 29 heavy (non-hydrogen) atoms. The monoisotopic (exact) mass is 396 g/mol. The lowest BCUT2D eigenvalue weighted by Crippen LogP contribution is -2.27. The lowest BCUT2D eigenvalue weighted by atomic mass is 10.1. The molecule has 1 heterocycles. The van der Waals surface area contributed by atoms with Gasteiger partial charge in [-0.15, -0.1) is 0 Å². The number of methoxy groups -OCH3 is 2. The van der Waals surface area contributed by atoms with Crippen molar-refractivity contribution in [1.29, 1.82) is 0 Å². The molecule has 152 valence electrons. The maximum Gasteiger partial charge on any atom is 0.412 e. The SMILES string of the molecule is CCn1cc(OC(=O)NCc2cccc(C)c2)c2cc(OC)c(OC)cc2c1=O. The Balaban J connectivity index is 1.93. The molecule has 7 heteroatoms. The second kappa shape index (κ2) is 8.68. The number of amides is 1. The van der Waals surface area contributed by atoms with Crippen molar-refractivity contribution >= 4 is 16.9 Å². The Kier molecular flexibility index (Phi) is 6.07. The van der Waals surface area contributed by atoms with Crippen molar-refractivity contribution in [3.8, 4) is 17.2 Å². The molecule has 0 saturated heterocycles. The molecule has 7 nitrogen and oxygen atoms in total. The fourth-order valence-corrected chi connectivity index (χ4v) is 3.13. The van der Waals surface area contributed by atoms with Crippen molar-refractivity contribution in [2.45, 2.75) is 26.9 Å². The minimum atomic E-state index is -0.608. The van der Waals surface area contributed by atoms with E-state index in [1.807, 2.05) is 38.1 Å². The first kappa shape index (κ1) is 20.3. The highest BCUT2D eigenvalue weighted by atomic mass is 16.6. The van der Waals surface area contributed by atoms with Crippen LogP contribution in [0.25, 0.3) is 10.8 Å². The molecule has 1 amide bonds. The van der Waals surface area contributed by atoms with Gasteiger partial charge in [0, 0.05) is 18.5 Å². The molecule has 0 bridgehead atoms. The van der Waals surface area contributed by atoms with Gasteiger partial charge in [0.15, 0.2) is 17.2 Å². The molecule has 3 rings (SSSR count). The summed E-state index contributed by atoms with van der Waals surface area (Å²) in [5, 5.41) is 3.60. The van der Waals surface area contributed by atoms with E-state index < -0.39 is 6.09 Å². The smallest absolute Gasteiger partial charge is 0.412 e. The standard InChI is InChI=1S/C22H24N2O5/c1-5-24-13-20(29-22(26)23-12-15-8-6-7-14(2)9-15)16-10-18(27-3)19(28-4)11-17(16)21(24)25/h6-11,13H,5,12H2,1-4H3,(H,23,26). The van der Waals surface area contributed by atoms with Gasteiger partial charge < -0.3 is 24.1 Å². The lowest BCUT2D eigenvalue weighted by Gasteiger charge is -2.14. The van der Waals surface area contributed by atoms with Crippen molar-refractivity contribution in [3.05, 3.63) is 64.1 Å². The van der Waals surface area contributed by atoms with Gasteiger partial charge in [-0.25, -0.2) is 4.79 Å². The number of aryl methyl sites for hydroxylation is 2. The molecule has 1 N–H and O–H groups in total. The first-order valence-electron chi connectivity index (χ1n) is 9.27. The fourth-order valence-electron chi connectivity index (χ4n) is 3.13.